The van der Waals surface area contributed by atoms with Gasteiger partial charge in [0, 0.05) is 12.1 Å². The van der Waals surface area contributed by atoms with E-state index in [2.05, 4.69) is 0 Å². The second-order valence-electron chi connectivity index (χ2n) is 6.64. The van der Waals surface area contributed by atoms with Crippen molar-refractivity contribution in [2.75, 3.05) is 13.7 Å². The molecule has 3 rings (SSSR count). The molecule has 0 aromatic heterocycles. The fourth-order valence-electron chi connectivity index (χ4n) is 3.40. The molecule has 6 heteroatoms. The van der Waals surface area contributed by atoms with E-state index in [0.29, 0.717) is 17.7 Å². The average molecular weight is 381 g/mol. The highest BCUT2D eigenvalue weighted by atomic mass is 16.5. The van der Waals surface area contributed by atoms with Crippen molar-refractivity contribution in [2.24, 2.45) is 0 Å². The van der Waals surface area contributed by atoms with Crippen LogP contribution >= 0.6 is 0 Å². The number of unbranched alkanes of at least 4 members (excludes halogenated alkanes) is 1. The number of aromatic hydroxyl groups is 1. The summed E-state index contributed by atoms with van der Waals surface area (Å²) in [5.74, 6) is -1.37. The molecule has 1 amide bonds. The zero-order valence-electron chi connectivity index (χ0n) is 15.9. The highest BCUT2D eigenvalue weighted by Gasteiger charge is 2.45. The van der Waals surface area contributed by atoms with Crippen LogP contribution in [0.4, 0.5) is 0 Å². The fraction of sp³-hybridized carbons (Fsp3) is 0.273. The number of methoxy groups -OCH3 is 1. The summed E-state index contributed by atoms with van der Waals surface area (Å²) >= 11 is 0. The zero-order chi connectivity index (χ0) is 20.3. The molecule has 0 bridgehead atoms. The molecule has 1 unspecified atom stereocenters. The molecular weight excluding hydrogens is 358 g/mol. The van der Waals surface area contributed by atoms with E-state index < -0.39 is 17.7 Å². The Morgan fingerprint density at radius 2 is 1.86 bits per heavy atom. The number of rotatable bonds is 6. The van der Waals surface area contributed by atoms with Crippen LogP contribution in [0.1, 0.15) is 36.9 Å². The Morgan fingerprint density at radius 1 is 1.14 bits per heavy atom. The van der Waals surface area contributed by atoms with Crippen molar-refractivity contribution in [3.8, 4) is 11.5 Å². The number of benzene rings is 2. The van der Waals surface area contributed by atoms with Gasteiger partial charge in [0.2, 0.25) is 0 Å². The minimum Gasteiger partial charge on any atom is -0.507 e. The third-order valence-electron chi connectivity index (χ3n) is 4.86. The summed E-state index contributed by atoms with van der Waals surface area (Å²) in [6, 6.07) is 12.6. The van der Waals surface area contributed by atoms with Gasteiger partial charge in [-0.1, -0.05) is 49.7 Å². The van der Waals surface area contributed by atoms with Gasteiger partial charge in [-0.3, -0.25) is 9.59 Å². The van der Waals surface area contributed by atoms with Crippen LogP contribution in [-0.4, -0.2) is 40.5 Å². The molecule has 1 aliphatic rings. The molecule has 2 aromatic carbocycles. The van der Waals surface area contributed by atoms with E-state index in [1.54, 1.807) is 42.5 Å². The molecule has 1 aliphatic heterocycles. The number of nitrogens with zero attached hydrogens (tertiary/aromatic N) is 1. The summed E-state index contributed by atoms with van der Waals surface area (Å²) in [5, 5.41) is 20.8. The number of likely N-dealkylation sites (tertiary alicyclic amines) is 1. The van der Waals surface area contributed by atoms with Crippen molar-refractivity contribution in [2.45, 2.75) is 25.8 Å². The van der Waals surface area contributed by atoms with Crippen molar-refractivity contribution < 1.29 is 24.5 Å². The lowest BCUT2D eigenvalue weighted by molar-refractivity contribution is -0.139. The van der Waals surface area contributed by atoms with Crippen molar-refractivity contribution in [1.29, 1.82) is 0 Å². The molecule has 1 fully saturated rings. The Kier molecular flexibility index (Phi) is 5.68. The molecule has 0 spiro atoms. The highest BCUT2D eigenvalue weighted by Crippen LogP contribution is 2.41. The first-order valence-electron chi connectivity index (χ1n) is 9.20. The number of carbonyl (C=O) groups is 2. The Labute approximate surface area is 163 Å². The van der Waals surface area contributed by atoms with E-state index >= 15 is 0 Å². The molecule has 6 nitrogen and oxygen atoms in total. The molecule has 1 saturated heterocycles. The Balaban J connectivity index is 2.18. The number of Topliss-reactive ketones (excluding diaryl/α,β-unsaturated/α-hetero) is 1. The largest absolute Gasteiger partial charge is 0.507 e. The highest BCUT2D eigenvalue weighted by molar-refractivity contribution is 6.46. The van der Waals surface area contributed by atoms with Crippen LogP contribution in [0, 0.1) is 0 Å². The number of amides is 1. The second-order valence-corrected chi connectivity index (χ2v) is 6.64. The number of aliphatic hydroxyl groups excluding tert-OH is 1. The Morgan fingerprint density at radius 3 is 2.50 bits per heavy atom. The number of phenolic OH excluding ortho intramolecular Hbond substituents is 1. The first kappa shape index (κ1) is 19.5. The molecule has 1 atom stereocenters. The van der Waals surface area contributed by atoms with E-state index in [1.807, 2.05) is 6.92 Å². The predicted molar refractivity (Wildman–Crippen MR) is 105 cm³/mol. The van der Waals surface area contributed by atoms with E-state index in [9.17, 15) is 19.8 Å². The molecule has 0 aliphatic carbocycles. The SMILES string of the molecule is CCCCN1C(=O)C(=O)C(=C(O)c2ccccc2)C1c1ccc(O)c(OC)c1. The third-order valence-corrected chi connectivity index (χ3v) is 4.86. The third kappa shape index (κ3) is 3.45. The molecule has 28 heavy (non-hydrogen) atoms. The van der Waals surface area contributed by atoms with Gasteiger partial charge in [0.15, 0.2) is 11.5 Å². The number of hydrogen-bond acceptors (Lipinski definition) is 5. The van der Waals surface area contributed by atoms with Crippen LogP contribution < -0.4 is 4.74 Å². The fourth-order valence-corrected chi connectivity index (χ4v) is 3.40. The van der Waals surface area contributed by atoms with Gasteiger partial charge in [-0.2, -0.15) is 0 Å². The summed E-state index contributed by atoms with van der Waals surface area (Å²) in [6.07, 6.45) is 1.58. The van der Waals surface area contributed by atoms with Crippen molar-refractivity contribution >= 4 is 17.4 Å². The van der Waals surface area contributed by atoms with Crippen LogP contribution in [-0.2, 0) is 9.59 Å². The van der Waals surface area contributed by atoms with E-state index in [-0.39, 0.29) is 22.8 Å². The molecular formula is C22H23NO5. The first-order chi connectivity index (χ1) is 13.5. The predicted octanol–water partition coefficient (Wildman–Crippen LogP) is 3.62. The number of ketones is 1. The topological polar surface area (TPSA) is 87.1 Å². The van der Waals surface area contributed by atoms with Crippen LogP contribution in [0.15, 0.2) is 54.1 Å². The van der Waals surface area contributed by atoms with Crippen molar-refractivity contribution in [3.63, 3.8) is 0 Å². The minimum absolute atomic E-state index is 0.0417. The maximum absolute atomic E-state index is 12.8. The molecule has 146 valence electrons. The normalized spacial score (nSPS) is 18.5. The van der Waals surface area contributed by atoms with Gasteiger partial charge in [0.1, 0.15) is 5.76 Å². The van der Waals surface area contributed by atoms with Crippen molar-refractivity contribution in [1.82, 2.24) is 4.90 Å². The number of hydrogen-bond donors (Lipinski definition) is 2. The first-order valence-corrected chi connectivity index (χ1v) is 9.20. The molecule has 2 N–H and O–H groups in total. The second kappa shape index (κ2) is 8.17. The van der Waals surface area contributed by atoms with Crippen LogP contribution in [0.5, 0.6) is 11.5 Å². The summed E-state index contributed by atoms with van der Waals surface area (Å²) in [6.45, 7) is 2.39. The number of phenols is 1. The van der Waals surface area contributed by atoms with Gasteiger partial charge in [0.25, 0.3) is 11.7 Å². The smallest absolute Gasteiger partial charge is 0.295 e. The van der Waals surface area contributed by atoms with E-state index in [4.69, 9.17) is 4.74 Å². The lowest BCUT2D eigenvalue weighted by Gasteiger charge is -2.25. The Hall–Kier alpha value is -3.28. The minimum atomic E-state index is -0.749. The van der Waals surface area contributed by atoms with Crippen LogP contribution in [0.25, 0.3) is 5.76 Å². The van der Waals surface area contributed by atoms with Crippen LogP contribution in [0.3, 0.4) is 0 Å². The number of ether oxygens (including phenoxy) is 1. The van der Waals surface area contributed by atoms with Gasteiger partial charge in [-0.15, -0.1) is 0 Å². The summed E-state index contributed by atoms with van der Waals surface area (Å²) in [7, 11) is 1.43. The molecule has 1 heterocycles. The summed E-state index contributed by atoms with van der Waals surface area (Å²) in [5.41, 5.74) is 1.09. The molecule has 0 radical (unpaired) electrons. The standard InChI is InChI=1S/C22H23NO5/c1-3-4-12-23-19(15-10-11-16(24)17(13-15)28-2)18(21(26)22(23)27)20(25)14-8-6-5-7-9-14/h5-11,13,19,24-25H,3-4,12H2,1-2H3. The molecule has 2 aromatic rings. The maximum Gasteiger partial charge on any atom is 0.295 e. The van der Waals surface area contributed by atoms with Gasteiger partial charge in [-0.25, -0.2) is 0 Å². The maximum atomic E-state index is 12.8. The zero-order valence-corrected chi connectivity index (χ0v) is 15.9. The molecule has 0 saturated carbocycles. The summed E-state index contributed by atoms with van der Waals surface area (Å²) in [4.78, 5) is 27.0. The lowest BCUT2D eigenvalue weighted by Crippen LogP contribution is -2.30. The average Bonchev–Trinajstić information content (AvgIpc) is 2.97. The van der Waals surface area contributed by atoms with Gasteiger partial charge < -0.3 is 19.8 Å². The van der Waals surface area contributed by atoms with Gasteiger partial charge in [-0.05, 0) is 24.1 Å². The van der Waals surface area contributed by atoms with Gasteiger partial charge in [0.05, 0.1) is 18.7 Å². The number of carbonyl (C=O) groups excluding carboxylic acids is 2. The Bertz CT molecular complexity index is 920. The van der Waals surface area contributed by atoms with E-state index in [0.717, 1.165) is 12.8 Å². The monoisotopic (exact) mass is 381 g/mol. The number of aliphatic hydroxyl groups is 1. The van der Waals surface area contributed by atoms with Gasteiger partial charge >= 0.3 is 0 Å². The van der Waals surface area contributed by atoms with Crippen molar-refractivity contribution in [3.05, 3.63) is 65.2 Å². The quantitative estimate of drug-likeness (QED) is 0.453. The summed E-state index contributed by atoms with van der Waals surface area (Å²) < 4.78 is 5.18. The lowest BCUT2D eigenvalue weighted by atomic mass is 9.95. The van der Waals surface area contributed by atoms with E-state index in [1.165, 1.54) is 18.1 Å². The van der Waals surface area contributed by atoms with Crippen LogP contribution in [0.2, 0.25) is 0 Å².